The van der Waals surface area contributed by atoms with Crippen LogP contribution in [0.1, 0.15) is 37.6 Å². The van der Waals surface area contributed by atoms with Crippen molar-refractivity contribution in [1.82, 2.24) is 9.88 Å². The maximum absolute atomic E-state index is 12.9. The number of carbonyl (C=O) groups excluding carboxylic acids is 2. The van der Waals surface area contributed by atoms with Crippen LogP contribution in [0, 0.1) is 0 Å². The van der Waals surface area contributed by atoms with Crippen molar-refractivity contribution >= 4 is 34.9 Å². The molecule has 2 N–H and O–H groups in total. The van der Waals surface area contributed by atoms with Crippen LogP contribution in [-0.2, 0) is 16.6 Å². The number of anilines is 1. The molecule has 2 aliphatic rings. The maximum atomic E-state index is 12.9. The Hall–Kier alpha value is -3.94. The Balaban J connectivity index is 1.49. The topological polar surface area (TPSA) is 90.8 Å². The second kappa shape index (κ2) is 8.44. The predicted octanol–water partition coefficient (Wildman–Crippen LogP) is 5.04. The average molecular weight is 462 g/mol. The van der Waals surface area contributed by atoms with Crippen molar-refractivity contribution in [3.63, 3.8) is 0 Å². The van der Waals surface area contributed by atoms with Gasteiger partial charge in [-0.05, 0) is 60.7 Å². The summed E-state index contributed by atoms with van der Waals surface area (Å²) in [7, 11) is 0. The number of hydrogen-bond acceptors (Lipinski definition) is 6. The van der Waals surface area contributed by atoms with Gasteiger partial charge in [0, 0.05) is 35.5 Å². The molecule has 0 radical (unpaired) electrons. The lowest BCUT2D eigenvalue weighted by Crippen LogP contribution is -2.29. The van der Waals surface area contributed by atoms with Gasteiger partial charge in [0.05, 0.1) is 24.4 Å². The number of carbonyl (C=O) groups is 2. The van der Waals surface area contributed by atoms with Gasteiger partial charge in [0.2, 0.25) is 0 Å². The number of ether oxygens (including phenoxy) is 3. The van der Waals surface area contributed by atoms with E-state index in [1.165, 1.54) is 0 Å². The molecule has 8 heteroatoms. The Morgan fingerprint density at radius 1 is 1.21 bits per heavy atom. The van der Waals surface area contributed by atoms with Crippen LogP contribution in [0.3, 0.4) is 0 Å². The summed E-state index contributed by atoms with van der Waals surface area (Å²) in [4.78, 5) is 25.5. The molecule has 0 unspecified atom stereocenters. The van der Waals surface area contributed by atoms with Gasteiger partial charge in [0.25, 0.3) is 0 Å². The molecule has 176 valence electrons. The summed E-state index contributed by atoms with van der Waals surface area (Å²) in [6, 6.07) is 10.8. The standard InChI is InChI=1S/C26H27N3O5/c1-4-32-25(31)29-20-9-11-27-15-26(2,3)23(20)19-7-6-18(14-21(19)29)34-24(30)28-17-5-8-22-16(13-17)10-12-33-22/h5-9,11,13-14,27H,4,10,12,15H2,1-3H3,(H,28,30). The number of fused-ring (bicyclic) bond motifs is 4. The van der Waals surface area contributed by atoms with Gasteiger partial charge in [0.1, 0.15) is 11.5 Å². The highest BCUT2D eigenvalue weighted by Crippen LogP contribution is 2.39. The van der Waals surface area contributed by atoms with Gasteiger partial charge in [-0.15, -0.1) is 0 Å². The summed E-state index contributed by atoms with van der Waals surface area (Å²) < 4.78 is 18.0. The van der Waals surface area contributed by atoms with Gasteiger partial charge in [-0.1, -0.05) is 13.8 Å². The van der Waals surface area contributed by atoms with Crippen LogP contribution in [0.4, 0.5) is 15.3 Å². The lowest BCUT2D eigenvalue weighted by Gasteiger charge is -2.24. The third-order valence-corrected chi connectivity index (χ3v) is 6.15. The fraction of sp³-hybridized carbons (Fsp3) is 0.308. The second-order valence-corrected chi connectivity index (χ2v) is 9.01. The zero-order chi connectivity index (χ0) is 23.9. The molecule has 0 aliphatic carbocycles. The normalized spacial score (nSPS) is 15.5. The highest BCUT2D eigenvalue weighted by atomic mass is 16.6. The molecule has 8 nitrogen and oxygen atoms in total. The van der Waals surface area contributed by atoms with Crippen molar-refractivity contribution in [2.24, 2.45) is 0 Å². The van der Waals surface area contributed by atoms with Crippen LogP contribution >= 0.6 is 0 Å². The molecule has 1 amide bonds. The van der Waals surface area contributed by atoms with Crippen LogP contribution in [0.5, 0.6) is 11.5 Å². The summed E-state index contributed by atoms with van der Waals surface area (Å²) in [6.45, 7) is 7.64. The minimum Gasteiger partial charge on any atom is -0.493 e. The van der Waals surface area contributed by atoms with E-state index in [1.54, 1.807) is 29.7 Å². The summed E-state index contributed by atoms with van der Waals surface area (Å²) in [5.74, 6) is 1.17. The third-order valence-electron chi connectivity index (χ3n) is 6.15. The van der Waals surface area contributed by atoms with Crippen molar-refractivity contribution in [2.75, 3.05) is 25.1 Å². The molecule has 2 aliphatic heterocycles. The molecule has 34 heavy (non-hydrogen) atoms. The first-order chi connectivity index (χ1) is 16.4. The van der Waals surface area contributed by atoms with Crippen molar-refractivity contribution < 1.29 is 23.8 Å². The monoisotopic (exact) mass is 461 g/mol. The molecule has 0 saturated carbocycles. The lowest BCUT2D eigenvalue weighted by molar-refractivity contribution is 0.155. The Labute approximate surface area is 197 Å². The Kier molecular flexibility index (Phi) is 5.43. The molecule has 0 saturated heterocycles. The molecule has 3 heterocycles. The maximum Gasteiger partial charge on any atom is 0.418 e. The van der Waals surface area contributed by atoms with Crippen LogP contribution in [0.2, 0.25) is 0 Å². The van der Waals surface area contributed by atoms with E-state index in [9.17, 15) is 9.59 Å². The first-order valence-electron chi connectivity index (χ1n) is 11.4. The van der Waals surface area contributed by atoms with E-state index in [2.05, 4.69) is 24.5 Å². The highest BCUT2D eigenvalue weighted by molar-refractivity contribution is 5.98. The summed E-state index contributed by atoms with van der Waals surface area (Å²) >= 11 is 0. The molecule has 0 bridgehead atoms. The van der Waals surface area contributed by atoms with E-state index in [4.69, 9.17) is 14.2 Å². The molecule has 5 rings (SSSR count). The zero-order valence-electron chi connectivity index (χ0n) is 19.4. The first kappa shape index (κ1) is 21.9. The zero-order valence-corrected chi connectivity index (χ0v) is 19.4. The van der Waals surface area contributed by atoms with Gasteiger partial charge in [-0.25, -0.2) is 14.2 Å². The smallest absolute Gasteiger partial charge is 0.418 e. The van der Waals surface area contributed by atoms with E-state index in [0.717, 1.165) is 34.4 Å². The molecule has 0 atom stereocenters. The van der Waals surface area contributed by atoms with Crippen LogP contribution in [0.15, 0.2) is 42.6 Å². The fourth-order valence-electron chi connectivity index (χ4n) is 4.66. The third kappa shape index (κ3) is 3.85. The predicted molar refractivity (Wildman–Crippen MR) is 130 cm³/mol. The van der Waals surface area contributed by atoms with E-state index in [0.29, 0.717) is 30.1 Å². The van der Waals surface area contributed by atoms with Crippen molar-refractivity contribution in [2.45, 2.75) is 32.6 Å². The number of benzene rings is 2. The van der Waals surface area contributed by atoms with E-state index < -0.39 is 12.2 Å². The molecular weight excluding hydrogens is 434 g/mol. The number of aromatic nitrogens is 1. The van der Waals surface area contributed by atoms with E-state index in [1.807, 2.05) is 30.5 Å². The fourth-order valence-corrected chi connectivity index (χ4v) is 4.66. The molecule has 0 fully saturated rings. The Morgan fingerprint density at radius 3 is 2.88 bits per heavy atom. The Bertz CT molecular complexity index is 1320. The first-order valence-corrected chi connectivity index (χ1v) is 11.4. The minimum atomic E-state index is -0.613. The number of nitrogens with zero attached hydrogens (tertiary/aromatic N) is 1. The van der Waals surface area contributed by atoms with Crippen LogP contribution < -0.4 is 20.1 Å². The molecule has 2 aromatic carbocycles. The van der Waals surface area contributed by atoms with Gasteiger partial charge >= 0.3 is 12.2 Å². The highest BCUT2D eigenvalue weighted by Gasteiger charge is 2.32. The quantitative estimate of drug-likeness (QED) is 0.568. The molecule has 0 spiro atoms. The lowest BCUT2D eigenvalue weighted by atomic mass is 9.83. The summed E-state index contributed by atoms with van der Waals surface area (Å²) in [5, 5.41) is 6.95. The molecule has 1 aromatic heterocycles. The van der Waals surface area contributed by atoms with Gasteiger partial charge < -0.3 is 19.5 Å². The summed E-state index contributed by atoms with van der Waals surface area (Å²) in [5.41, 5.74) is 3.86. The number of hydrogen-bond donors (Lipinski definition) is 2. The van der Waals surface area contributed by atoms with Crippen molar-refractivity contribution in [3.8, 4) is 11.5 Å². The summed E-state index contributed by atoms with van der Waals surface area (Å²) in [6.07, 6.45) is 3.45. The largest absolute Gasteiger partial charge is 0.493 e. The number of nitrogens with one attached hydrogen (secondary N) is 2. The SMILES string of the molecule is CCOC(=O)n1c2c(c3ccc(OC(=O)Nc4ccc5c(c4)CCO5)cc31)C(C)(C)CNC=C2. The van der Waals surface area contributed by atoms with Crippen LogP contribution in [0.25, 0.3) is 17.0 Å². The molecular formula is C26H27N3O5. The average Bonchev–Trinajstić information content (AvgIpc) is 3.34. The number of amides is 1. The Morgan fingerprint density at radius 2 is 2.06 bits per heavy atom. The van der Waals surface area contributed by atoms with Gasteiger partial charge in [-0.3, -0.25) is 5.32 Å². The van der Waals surface area contributed by atoms with E-state index >= 15 is 0 Å². The van der Waals surface area contributed by atoms with Crippen LogP contribution in [-0.4, -0.2) is 36.5 Å². The number of rotatable bonds is 3. The molecule has 3 aromatic rings. The second-order valence-electron chi connectivity index (χ2n) is 9.01. The van der Waals surface area contributed by atoms with Crippen molar-refractivity contribution in [1.29, 1.82) is 0 Å². The van der Waals surface area contributed by atoms with Crippen molar-refractivity contribution in [3.05, 3.63) is 59.4 Å². The van der Waals surface area contributed by atoms with Gasteiger partial charge in [-0.2, -0.15) is 0 Å². The van der Waals surface area contributed by atoms with Gasteiger partial charge in [0.15, 0.2) is 0 Å². The van der Waals surface area contributed by atoms with E-state index in [-0.39, 0.29) is 12.0 Å². The minimum absolute atomic E-state index is 0.244.